The Labute approximate surface area is 109 Å². The van der Waals surface area contributed by atoms with Crippen LogP contribution in [0.5, 0.6) is 0 Å². The molecule has 0 fully saturated rings. The summed E-state index contributed by atoms with van der Waals surface area (Å²) < 4.78 is 0. The molecule has 0 radical (unpaired) electrons. The zero-order valence-corrected chi connectivity index (χ0v) is 11.3. The molecule has 18 heavy (non-hydrogen) atoms. The summed E-state index contributed by atoms with van der Waals surface area (Å²) in [4.78, 5) is 13.7. The van der Waals surface area contributed by atoms with Gasteiger partial charge in [-0.3, -0.25) is 4.79 Å². The monoisotopic (exact) mass is 250 g/mol. The molecule has 100 valence electrons. The smallest absolute Gasteiger partial charge is 0.239 e. The van der Waals surface area contributed by atoms with E-state index in [4.69, 9.17) is 0 Å². The number of likely N-dealkylation sites (N-methyl/N-ethyl adjacent to an activating group) is 1. The van der Waals surface area contributed by atoms with E-state index in [1.54, 1.807) is 0 Å². The Morgan fingerprint density at radius 2 is 2.06 bits per heavy atom. The Kier molecular flexibility index (Phi) is 5.65. The van der Waals surface area contributed by atoms with Gasteiger partial charge in [-0.15, -0.1) is 0 Å². The minimum atomic E-state index is -0.0154. The summed E-state index contributed by atoms with van der Waals surface area (Å²) >= 11 is 0. The van der Waals surface area contributed by atoms with E-state index < -0.39 is 0 Å². The van der Waals surface area contributed by atoms with Crippen molar-refractivity contribution in [3.8, 4) is 0 Å². The summed E-state index contributed by atoms with van der Waals surface area (Å²) in [7, 11) is 0. The topological polar surface area (TPSA) is 52.6 Å². The quantitative estimate of drug-likeness (QED) is 0.805. The summed E-state index contributed by atoms with van der Waals surface area (Å²) in [5.74, 6) is -0.000377. The molecule has 1 amide bonds. The molecule has 0 unspecified atom stereocenters. The van der Waals surface area contributed by atoms with Gasteiger partial charge in [-0.1, -0.05) is 18.2 Å². The van der Waals surface area contributed by atoms with Crippen molar-refractivity contribution >= 4 is 11.6 Å². The SMILES string of the molecule is CCN(CC(=O)NC(C)C)c1ccccc1CO. The van der Waals surface area contributed by atoms with Crippen molar-refractivity contribution in [2.75, 3.05) is 18.0 Å². The fraction of sp³-hybridized carbons (Fsp3) is 0.500. The Balaban J connectivity index is 2.79. The number of aliphatic hydroxyl groups excluding tert-OH is 1. The molecular formula is C14H22N2O2. The van der Waals surface area contributed by atoms with E-state index in [1.807, 2.05) is 49.9 Å². The number of hydrogen-bond acceptors (Lipinski definition) is 3. The molecule has 4 heteroatoms. The number of anilines is 1. The first-order chi connectivity index (χ1) is 8.58. The molecule has 1 rings (SSSR count). The van der Waals surface area contributed by atoms with Crippen LogP contribution in [0.25, 0.3) is 0 Å². The molecule has 0 aliphatic heterocycles. The van der Waals surface area contributed by atoms with E-state index in [0.717, 1.165) is 17.8 Å². The largest absolute Gasteiger partial charge is 0.392 e. The molecule has 2 N–H and O–H groups in total. The first-order valence-electron chi connectivity index (χ1n) is 6.31. The van der Waals surface area contributed by atoms with E-state index in [9.17, 15) is 9.90 Å². The van der Waals surface area contributed by atoms with Crippen molar-refractivity contribution in [2.45, 2.75) is 33.4 Å². The van der Waals surface area contributed by atoms with E-state index in [-0.39, 0.29) is 18.6 Å². The zero-order chi connectivity index (χ0) is 13.5. The Bertz CT molecular complexity index is 391. The van der Waals surface area contributed by atoms with Gasteiger partial charge in [0.1, 0.15) is 0 Å². The molecule has 4 nitrogen and oxygen atoms in total. The van der Waals surface area contributed by atoms with Crippen LogP contribution in [0.3, 0.4) is 0 Å². The highest BCUT2D eigenvalue weighted by atomic mass is 16.3. The molecule has 0 spiro atoms. The van der Waals surface area contributed by atoms with Crippen LogP contribution in [-0.4, -0.2) is 30.1 Å². The molecule has 0 heterocycles. The number of nitrogens with zero attached hydrogens (tertiary/aromatic N) is 1. The van der Waals surface area contributed by atoms with Crippen LogP contribution in [0.1, 0.15) is 26.3 Å². The van der Waals surface area contributed by atoms with Gasteiger partial charge in [-0.05, 0) is 26.8 Å². The molecule has 0 aromatic heterocycles. The molecule has 1 aromatic carbocycles. The van der Waals surface area contributed by atoms with Gasteiger partial charge in [-0.2, -0.15) is 0 Å². The summed E-state index contributed by atoms with van der Waals surface area (Å²) in [6.45, 7) is 6.90. The lowest BCUT2D eigenvalue weighted by atomic mass is 10.1. The second-order valence-electron chi connectivity index (χ2n) is 4.52. The number of hydrogen-bond donors (Lipinski definition) is 2. The van der Waals surface area contributed by atoms with Crippen LogP contribution in [-0.2, 0) is 11.4 Å². The normalized spacial score (nSPS) is 10.5. The summed E-state index contributed by atoms with van der Waals surface area (Å²) in [6, 6.07) is 7.74. The van der Waals surface area contributed by atoms with Gasteiger partial charge in [0.15, 0.2) is 0 Å². The highest BCUT2D eigenvalue weighted by Crippen LogP contribution is 2.19. The van der Waals surface area contributed by atoms with Crippen molar-refractivity contribution in [3.05, 3.63) is 29.8 Å². The Morgan fingerprint density at radius 1 is 1.39 bits per heavy atom. The van der Waals surface area contributed by atoms with Crippen LogP contribution < -0.4 is 10.2 Å². The van der Waals surface area contributed by atoms with Gasteiger partial charge < -0.3 is 15.3 Å². The number of amides is 1. The van der Waals surface area contributed by atoms with Crippen molar-refractivity contribution < 1.29 is 9.90 Å². The van der Waals surface area contributed by atoms with Crippen molar-refractivity contribution in [2.24, 2.45) is 0 Å². The second-order valence-corrected chi connectivity index (χ2v) is 4.52. The molecule has 0 aliphatic carbocycles. The first kappa shape index (κ1) is 14.5. The van der Waals surface area contributed by atoms with Crippen LogP contribution in [0.4, 0.5) is 5.69 Å². The predicted octanol–water partition coefficient (Wildman–Crippen LogP) is 1.53. The third-order valence-corrected chi connectivity index (χ3v) is 2.67. The van der Waals surface area contributed by atoms with Crippen LogP contribution in [0, 0.1) is 0 Å². The van der Waals surface area contributed by atoms with Crippen molar-refractivity contribution in [3.63, 3.8) is 0 Å². The first-order valence-corrected chi connectivity index (χ1v) is 6.31. The molecule has 0 saturated carbocycles. The number of carbonyl (C=O) groups excluding carboxylic acids is 1. The number of carbonyl (C=O) groups is 1. The number of aliphatic hydroxyl groups is 1. The highest BCUT2D eigenvalue weighted by molar-refractivity contribution is 5.81. The molecule has 1 aromatic rings. The summed E-state index contributed by atoms with van der Waals surface area (Å²) in [5, 5.41) is 12.2. The minimum absolute atomic E-state index is 0.000377. The lowest BCUT2D eigenvalue weighted by Gasteiger charge is -2.25. The third-order valence-electron chi connectivity index (χ3n) is 2.67. The lowest BCUT2D eigenvalue weighted by molar-refractivity contribution is -0.120. The van der Waals surface area contributed by atoms with Crippen LogP contribution in [0.2, 0.25) is 0 Å². The second kappa shape index (κ2) is 7.01. The highest BCUT2D eigenvalue weighted by Gasteiger charge is 2.13. The summed E-state index contributed by atoms with van der Waals surface area (Å²) in [6.07, 6.45) is 0. The van der Waals surface area contributed by atoms with Gasteiger partial charge in [0.2, 0.25) is 5.91 Å². The van der Waals surface area contributed by atoms with E-state index in [1.165, 1.54) is 0 Å². The van der Waals surface area contributed by atoms with E-state index in [2.05, 4.69) is 5.32 Å². The molecule has 0 saturated heterocycles. The summed E-state index contributed by atoms with van der Waals surface area (Å²) in [5.41, 5.74) is 1.76. The average molecular weight is 250 g/mol. The minimum Gasteiger partial charge on any atom is -0.392 e. The number of rotatable bonds is 6. The molecule has 0 aliphatic rings. The molecule has 0 atom stereocenters. The van der Waals surface area contributed by atoms with Gasteiger partial charge in [0, 0.05) is 23.8 Å². The lowest BCUT2D eigenvalue weighted by Crippen LogP contribution is -2.40. The Hall–Kier alpha value is -1.55. The van der Waals surface area contributed by atoms with Crippen LogP contribution in [0.15, 0.2) is 24.3 Å². The third kappa shape index (κ3) is 4.04. The van der Waals surface area contributed by atoms with Gasteiger partial charge in [0.25, 0.3) is 0 Å². The van der Waals surface area contributed by atoms with E-state index >= 15 is 0 Å². The van der Waals surface area contributed by atoms with Gasteiger partial charge >= 0.3 is 0 Å². The standard InChI is InChI=1S/C14H22N2O2/c1-4-16(9-14(18)15-11(2)3)13-8-6-5-7-12(13)10-17/h5-8,11,17H,4,9-10H2,1-3H3,(H,15,18). The fourth-order valence-corrected chi connectivity index (χ4v) is 1.86. The number of para-hydroxylation sites is 1. The maximum absolute atomic E-state index is 11.8. The fourth-order valence-electron chi connectivity index (χ4n) is 1.86. The number of benzene rings is 1. The average Bonchev–Trinajstić information content (AvgIpc) is 2.35. The van der Waals surface area contributed by atoms with Gasteiger partial charge in [-0.25, -0.2) is 0 Å². The molecule has 0 bridgehead atoms. The van der Waals surface area contributed by atoms with Gasteiger partial charge in [0.05, 0.1) is 13.2 Å². The maximum Gasteiger partial charge on any atom is 0.239 e. The predicted molar refractivity (Wildman–Crippen MR) is 73.5 cm³/mol. The molecular weight excluding hydrogens is 228 g/mol. The Morgan fingerprint density at radius 3 is 2.61 bits per heavy atom. The van der Waals surface area contributed by atoms with Crippen LogP contribution >= 0.6 is 0 Å². The number of nitrogens with one attached hydrogen (secondary N) is 1. The van der Waals surface area contributed by atoms with Crippen molar-refractivity contribution in [1.29, 1.82) is 0 Å². The van der Waals surface area contributed by atoms with Crippen molar-refractivity contribution in [1.82, 2.24) is 5.32 Å². The zero-order valence-electron chi connectivity index (χ0n) is 11.3. The van der Waals surface area contributed by atoms with E-state index in [0.29, 0.717) is 6.54 Å². The maximum atomic E-state index is 11.8.